The molecular formula is C18H20O4. The largest absolute Gasteiger partial charge is 0.508 e. The second kappa shape index (κ2) is 7.50. The van der Waals surface area contributed by atoms with Gasteiger partial charge in [0.25, 0.3) is 0 Å². The minimum absolute atomic E-state index is 0.173. The average molecular weight is 300 g/mol. The highest BCUT2D eigenvalue weighted by atomic mass is 16.5. The Labute approximate surface area is 130 Å². The van der Waals surface area contributed by atoms with Crippen molar-refractivity contribution in [1.29, 1.82) is 0 Å². The topological polar surface area (TPSA) is 55.8 Å². The Kier molecular flexibility index (Phi) is 5.42. The van der Waals surface area contributed by atoms with E-state index < -0.39 is 0 Å². The molecule has 0 saturated carbocycles. The van der Waals surface area contributed by atoms with Gasteiger partial charge in [-0.05, 0) is 41.8 Å². The third kappa shape index (κ3) is 4.52. The van der Waals surface area contributed by atoms with E-state index in [0.29, 0.717) is 13.0 Å². The zero-order valence-corrected chi connectivity index (χ0v) is 12.8. The SMILES string of the molecule is CCOc1ccc(Cc2ccc(COC(C)=O)cc2O)cc1. The summed E-state index contributed by atoms with van der Waals surface area (Å²) in [5.41, 5.74) is 2.69. The summed E-state index contributed by atoms with van der Waals surface area (Å²) in [5, 5.41) is 10.1. The molecule has 22 heavy (non-hydrogen) atoms. The Morgan fingerprint density at radius 1 is 1.09 bits per heavy atom. The third-order valence-corrected chi connectivity index (χ3v) is 3.22. The van der Waals surface area contributed by atoms with Crippen molar-refractivity contribution in [3.05, 3.63) is 59.2 Å². The molecule has 0 spiro atoms. The van der Waals surface area contributed by atoms with Crippen molar-refractivity contribution in [1.82, 2.24) is 0 Å². The molecule has 0 aromatic heterocycles. The first-order chi connectivity index (χ1) is 10.6. The quantitative estimate of drug-likeness (QED) is 0.830. The van der Waals surface area contributed by atoms with Crippen LogP contribution in [0.15, 0.2) is 42.5 Å². The van der Waals surface area contributed by atoms with Crippen molar-refractivity contribution in [2.24, 2.45) is 0 Å². The molecule has 1 N–H and O–H groups in total. The molecule has 0 aliphatic carbocycles. The van der Waals surface area contributed by atoms with Gasteiger partial charge < -0.3 is 14.6 Å². The monoisotopic (exact) mass is 300 g/mol. The predicted octanol–water partition coefficient (Wildman–Crippen LogP) is 3.44. The van der Waals surface area contributed by atoms with Crippen molar-refractivity contribution >= 4 is 5.97 Å². The van der Waals surface area contributed by atoms with Crippen LogP contribution in [0.3, 0.4) is 0 Å². The van der Waals surface area contributed by atoms with Gasteiger partial charge in [0.1, 0.15) is 18.1 Å². The number of esters is 1. The number of hydrogen-bond acceptors (Lipinski definition) is 4. The number of carbonyl (C=O) groups is 1. The molecule has 0 radical (unpaired) electrons. The maximum Gasteiger partial charge on any atom is 0.302 e. The summed E-state index contributed by atoms with van der Waals surface area (Å²) >= 11 is 0. The molecule has 2 aromatic carbocycles. The van der Waals surface area contributed by atoms with E-state index in [-0.39, 0.29) is 18.3 Å². The van der Waals surface area contributed by atoms with Crippen molar-refractivity contribution in [3.8, 4) is 11.5 Å². The van der Waals surface area contributed by atoms with Gasteiger partial charge in [0.2, 0.25) is 0 Å². The summed E-state index contributed by atoms with van der Waals surface area (Å²) in [6.45, 7) is 4.12. The van der Waals surface area contributed by atoms with Gasteiger partial charge >= 0.3 is 5.97 Å². The van der Waals surface area contributed by atoms with Gasteiger partial charge in [-0.15, -0.1) is 0 Å². The molecule has 116 valence electrons. The van der Waals surface area contributed by atoms with Gasteiger partial charge in [0.15, 0.2) is 0 Å². The number of hydrogen-bond donors (Lipinski definition) is 1. The van der Waals surface area contributed by atoms with Gasteiger partial charge in [0, 0.05) is 13.3 Å². The van der Waals surface area contributed by atoms with E-state index in [2.05, 4.69) is 0 Å². The molecule has 2 aromatic rings. The van der Waals surface area contributed by atoms with E-state index >= 15 is 0 Å². The Morgan fingerprint density at radius 3 is 2.36 bits per heavy atom. The summed E-state index contributed by atoms with van der Waals surface area (Å²) < 4.78 is 10.3. The van der Waals surface area contributed by atoms with Crippen molar-refractivity contribution in [2.75, 3.05) is 6.61 Å². The summed E-state index contributed by atoms with van der Waals surface area (Å²) in [7, 11) is 0. The van der Waals surface area contributed by atoms with Crippen LogP contribution in [-0.4, -0.2) is 17.7 Å². The Hall–Kier alpha value is -2.49. The second-order valence-corrected chi connectivity index (χ2v) is 5.00. The third-order valence-electron chi connectivity index (χ3n) is 3.22. The first-order valence-electron chi connectivity index (χ1n) is 7.24. The number of benzene rings is 2. The fourth-order valence-electron chi connectivity index (χ4n) is 2.12. The predicted molar refractivity (Wildman–Crippen MR) is 84.0 cm³/mol. The van der Waals surface area contributed by atoms with Crippen LogP contribution in [0.5, 0.6) is 11.5 Å². The maximum atomic E-state index is 10.8. The zero-order chi connectivity index (χ0) is 15.9. The van der Waals surface area contributed by atoms with E-state index in [9.17, 15) is 9.90 Å². The van der Waals surface area contributed by atoms with Crippen molar-refractivity contribution < 1.29 is 19.4 Å². The van der Waals surface area contributed by atoms with Crippen molar-refractivity contribution in [3.63, 3.8) is 0 Å². The van der Waals surface area contributed by atoms with E-state index in [1.807, 2.05) is 43.3 Å². The summed E-state index contributed by atoms with van der Waals surface area (Å²) in [5.74, 6) is 0.712. The maximum absolute atomic E-state index is 10.8. The minimum atomic E-state index is -0.335. The Balaban J connectivity index is 2.04. The van der Waals surface area contributed by atoms with Crippen LogP contribution < -0.4 is 4.74 Å². The normalized spacial score (nSPS) is 10.3. The summed E-state index contributed by atoms with van der Waals surface area (Å²) in [6, 6.07) is 13.1. The molecule has 4 nitrogen and oxygen atoms in total. The zero-order valence-electron chi connectivity index (χ0n) is 12.8. The van der Waals surface area contributed by atoms with E-state index in [0.717, 1.165) is 22.4 Å². The van der Waals surface area contributed by atoms with Crippen LogP contribution in [0.4, 0.5) is 0 Å². The molecule has 0 aliphatic heterocycles. The number of carbonyl (C=O) groups excluding carboxylic acids is 1. The summed E-state index contributed by atoms with van der Waals surface area (Å²) in [4.78, 5) is 10.8. The van der Waals surface area contributed by atoms with Crippen LogP contribution >= 0.6 is 0 Å². The molecule has 0 heterocycles. The van der Waals surface area contributed by atoms with Gasteiger partial charge in [-0.1, -0.05) is 24.3 Å². The van der Waals surface area contributed by atoms with Crippen LogP contribution in [0.25, 0.3) is 0 Å². The second-order valence-electron chi connectivity index (χ2n) is 5.00. The van der Waals surface area contributed by atoms with Gasteiger partial charge in [-0.2, -0.15) is 0 Å². The lowest BCUT2D eigenvalue weighted by molar-refractivity contribution is -0.142. The lowest BCUT2D eigenvalue weighted by atomic mass is 10.0. The minimum Gasteiger partial charge on any atom is -0.508 e. The van der Waals surface area contributed by atoms with Crippen LogP contribution in [-0.2, 0) is 22.6 Å². The molecule has 0 atom stereocenters. The van der Waals surface area contributed by atoms with E-state index in [1.54, 1.807) is 6.07 Å². The van der Waals surface area contributed by atoms with Crippen molar-refractivity contribution in [2.45, 2.75) is 26.9 Å². The number of phenols is 1. The molecular weight excluding hydrogens is 280 g/mol. The first-order valence-corrected chi connectivity index (χ1v) is 7.24. The molecule has 4 heteroatoms. The highest BCUT2D eigenvalue weighted by Gasteiger charge is 2.06. The number of ether oxygens (including phenoxy) is 2. The molecule has 0 bridgehead atoms. The average Bonchev–Trinajstić information content (AvgIpc) is 2.50. The van der Waals surface area contributed by atoms with E-state index in [4.69, 9.17) is 9.47 Å². The fraction of sp³-hybridized carbons (Fsp3) is 0.278. The molecule has 0 saturated heterocycles. The first kappa shape index (κ1) is 15.9. The van der Waals surface area contributed by atoms with Gasteiger partial charge in [-0.25, -0.2) is 0 Å². The van der Waals surface area contributed by atoms with Crippen LogP contribution in [0, 0.1) is 0 Å². The molecule has 0 aliphatic rings. The van der Waals surface area contributed by atoms with Crippen LogP contribution in [0.1, 0.15) is 30.5 Å². The Morgan fingerprint density at radius 2 is 1.77 bits per heavy atom. The fourth-order valence-corrected chi connectivity index (χ4v) is 2.12. The molecule has 2 rings (SSSR count). The van der Waals surface area contributed by atoms with Gasteiger partial charge in [-0.3, -0.25) is 4.79 Å². The lowest BCUT2D eigenvalue weighted by Crippen LogP contribution is -1.99. The smallest absolute Gasteiger partial charge is 0.302 e. The van der Waals surface area contributed by atoms with Crippen LogP contribution in [0.2, 0.25) is 0 Å². The lowest BCUT2D eigenvalue weighted by Gasteiger charge is -2.09. The molecule has 0 amide bonds. The number of phenolic OH excluding ortho intramolecular Hbond substituents is 1. The molecule has 0 unspecified atom stereocenters. The standard InChI is InChI=1S/C18H20O4/c1-3-21-17-8-5-14(6-9-17)10-16-7-4-15(11-18(16)20)12-22-13(2)19/h4-9,11,20H,3,10,12H2,1-2H3. The number of aromatic hydroxyl groups is 1. The highest BCUT2D eigenvalue weighted by molar-refractivity contribution is 5.65. The van der Waals surface area contributed by atoms with Gasteiger partial charge in [0.05, 0.1) is 6.61 Å². The number of rotatable bonds is 6. The Bertz CT molecular complexity index is 632. The molecule has 0 fully saturated rings. The highest BCUT2D eigenvalue weighted by Crippen LogP contribution is 2.23. The van der Waals surface area contributed by atoms with E-state index in [1.165, 1.54) is 6.92 Å². The summed E-state index contributed by atoms with van der Waals surface area (Å²) in [6.07, 6.45) is 0.631.